The van der Waals surface area contributed by atoms with Crippen molar-refractivity contribution in [2.24, 2.45) is 11.8 Å². The lowest BCUT2D eigenvalue weighted by Crippen LogP contribution is -2.52. The van der Waals surface area contributed by atoms with Gasteiger partial charge in [0.15, 0.2) is 29.9 Å². The maximum atomic E-state index is 15.1. The first-order valence-corrected chi connectivity index (χ1v) is 18.7. The van der Waals surface area contributed by atoms with Crippen LogP contribution in [0.15, 0.2) is 79.1 Å². The second-order valence-electron chi connectivity index (χ2n) is 13.9. The fraction of sp³-hybridized carbons (Fsp3) is 0.375. The number of carbonyl (C=O) groups excluding carboxylic acids is 2. The molecule has 8 rings (SSSR count). The number of nitrogens with one attached hydrogen (secondary N) is 2. The molecule has 2 bridgehead atoms. The molecule has 3 saturated heterocycles. The second kappa shape index (κ2) is 16.9. The quantitative estimate of drug-likeness (QED) is 0.120. The van der Waals surface area contributed by atoms with Gasteiger partial charge in [0.2, 0.25) is 0 Å². The molecule has 54 heavy (non-hydrogen) atoms. The van der Waals surface area contributed by atoms with Gasteiger partial charge >= 0.3 is 18.6 Å². The van der Waals surface area contributed by atoms with Crippen LogP contribution in [0.4, 0.5) is 18.9 Å². The predicted octanol–water partition coefficient (Wildman–Crippen LogP) is 8.27. The Labute approximate surface area is 320 Å². The summed E-state index contributed by atoms with van der Waals surface area (Å²) in [5.74, 6) is -1.31. The number of hydrogen-bond donors (Lipinski definition) is 1. The molecule has 3 aliphatic heterocycles. The molecule has 0 amide bonds. The molecular weight excluding hydrogens is 746 g/mol. The maximum Gasteiger partial charge on any atom is 0.387 e. The number of carbonyl (C=O) groups is 2. The summed E-state index contributed by atoms with van der Waals surface area (Å²) >= 11 is 13.0. The van der Waals surface area contributed by atoms with E-state index in [0.717, 1.165) is 38.8 Å². The normalized spacial score (nSPS) is 20.2. The van der Waals surface area contributed by atoms with Crippen LogP contribution in [0, 0.1) is 17.7 Å². The smallest absolute Gasteiger partial charge is 0.387 e. The van der Waals surface area contributed by atoms with Gasteiger partial charge in [-0.2, -0.15) is 8.78 Å². The number of halogens is 5. The molecule has 3 atom stereocenters. The van der Waals surface area contributed by atoms with Crippen molar-refractivity contribution in [1.82, 2.24) is 4.90 Å². The number of aromatic nitrogens is 1. The van der Waals surface area contributed by atoms with E-state index in [4.69, 9.17) is 42.1 Å². The minimum atomic E-state index is -3.07. The summed E-state index contributed by atoms with van der Waals surface area (Å²) in [4.78, 5) is 32.4. The summed E-state index contributed by atoms with van der Waals surface area (Å²) in [6, 6.07) is 15.5. The number of benzene rings is 3. The summed E-state index contributed by atoms with van der Waals surface area (Å²) in [7, 11) is 0. The first-order valence-electron chi connectivity index (χ1n) is 17.9. The fourth-order valence-corrected chi connectivity index (χ4v) is 7.44. The highest BCUT2D eigenvalue weighted by Gasteiger charge is 2.38. The van der Waals surface area contributed by atoms with E-state index in [1.165, 1.54) is 42.5 Å². The second-order valence-corrected chi connectivity index (χ2v) is 14.7. The number of esters is 2. The Morgan fingerprint density at radius 1 is 0.926 bits per heavy atom. The maximum absolute atomic E-state index is 15.1. The summed E-state index contributed by atoms with van der Waals surface area (Å²) in [5, 5.41) is 3.71. The van der Waals surface area contributed by atoms with Gasteiger partial charge in [0.1, 0.15) is 28.1 Å². The standard InChI is InChI=1S/C40H38Cl2F3N3O6/c41-30-19-46-20-31(42)29(30)18-34(26-9-12-33(54-40(44)45)35(17-26)51-22-23-5-6-23)52-38(49)25-7-10-27(11-8-25)47-37(28-3-1-2-4-32(28)43)39(50)53-36-21-48-15-13-24(36)14-16-48/h1-4,7-12,17,19-20,23-24,34,36-37,40,47H,5-6,13-16,18,21-22H2/p+1/t34-,36-,37?/m0/s1. The van der Waals surface area contributed by atoms with Crippen LogP contribution in [0.2, 0.25) is 10.0 Å². The van der Waals surface area contributed by atoms with E-state index in [9.17, 15) is 18.4 Å². The van der Waals surface area contributed by atoms with Gasteiger partial charge in [-0.25, -0.2) is 19.0 Å². The predicted molar refractivity (Wildman–Crippen MR) is 194 cm³/mol. The molecule has 1 saturated carbocycles. The largest absolute Gasteiger partial charge is 0.489 e. The Bertz CT molecular complexity index is 1940. The van der Waals surface area contributed by atoms with Gasteiger partial charge in [-0.3, -0.25) is 4.90 Å². The molecule has 3 aromatic carbocycles. The monoisotopic (exact) mass is 784 g/mol. The Balaban J connectivity index is 1.11. The van der Waals surface area contributed by atoms with Crippen molar-refractivity contribution in [1.29, 1.82) is 0 Å². The third-order valence-corrected chi connectivity index (χ3v) is 10.8. The van der Waals surface area contributed by atoms with Gasteiger partial charge in [0.25, 0.3) is 0 Å². The Morgan fingerprint density at radius 3 is 2.30 bits per heavy atom. The van der Waals surface area contributed by atoms with Crippen LogP contribution in [0.1, 0.15) is 64.9 Å². The summed E-state index contributed by atoms with van der Waals surface area (Å²) < 4.78 is 64.2. The Hall–Kier alpha value is -4.52. The SMILES string of the molecule is O=C(O[C@@H](Cc1c(Cl)c[nH+]cc1Cl)c1ccc(OC(F)F)c(OCC2CC2)c1)c1ccc(NC(C(=O)O[C@H]2CN3CCC2CC3)c2ccccc2F)cc1. The van der Waals surface area contributed by atoms with E-state index in [2.05, 4.69) is 15.2 Å². The van der Waals surface area contributed by atoms with Crippen LogP contribution in [0.3, 0.4) is 0 Å². The number of nitrogens with zero attached hydrogens (tertiary/aromatic N) is 1. The molecule has 1 aliphatic carbocycles. The van der Waals surface area contributed by atoms with Gasteiger partial charge < -0.3 is 24.3 Å². The number of rotatable bonds is 15. The van der Waals surface area contributed by atoms with E-state index < -0.39 is 36.5 Å². The molecule has 1 unspecified atom stereocenters. The highest BCUT2D eigenvalue weighted by atomic mass is 35.5. The van der Waals surface area contributed by atoms with Crippen LogP contribution >= 0.6 is 23.2 Å². The van der Waals surface area contributed by atoms with Crippen LogP contribution in [-0.2, 0) is 20.7 Å². The zero-order chi connectivity index (χ0) is 37.8. The van der Waals surface area contributed by atoms with Gasteiger partial charge in [-0.1, -0.05) is 47.5 Å². The zero-order valence-electron chi connectivity index (χ0n) is 29.1. The number of piperidine rings is 3. The van der Waals surface area contributed by atoms with Gasteiger partial charge in [-0.15, -0.1) is 0 Å². The highest BCUT2D eigenvalue weighted by Crippen LogP contribution is 2.38. The van der Waals surface area contributed by atoms with Crippen molar-refractivity contribution in [3.8, 4) is 11.5 Å². The summed E-state index contributed by atoms with van der Waals surface area (Å²) in [6.07, 6.45) is 5.73. The van der Waals surface area contributed by atoms with Crippen molar-refractivity contribution in [2.45, 2.75) is 57.0 Å². The molecule has 0 spiro atoms. The Morgan fingerprint density at radius 2 is 1.65 bits per heavy atom. The number of ether oxygens (including phenoxy) is 4. The molecule has 4 aromatic rings. The third kappa shape index (κ3) is 9.22. The number of hydrogen-bond acceptors (Lipinski definition) is 8. The molecule has 0 radical (unpaired) electrons. The first kappa shape index (κ1) is 37.8. The summed E-state index contributed by atoms with van der Waals surface area (Å²) in [5.41, 5.74) is 1.67. The van der Waals surface area contributed by atoms with E-state index in [0.29, 0.717) is 45.9 Å². The lowest BCUT2D eigenvalue weighted by atomic mass is 9.86. The number of aromatic amines is 1. The fourth-order valence-electron chi connectivity index (χ4n) is 6.91. The number of anilines is 1. The average Bonchev–Trinajstić information content (AvgIpc) is 4.00. The van der Waals surface area contributed by atoms with Gasteiger partial charge in [-0.05, 0) is 98.6 Å². The number of alkyl halides is 2. The topological polar surface area (TPSA) is 100 Å². The molecule has 9 nitrogen and oxygen atoms in total. The highest BCUT2D eigenvalue weighted by molar-refractivity contribution is 6.35. The molecule has 14 heteroatoms. The van der Waals surface area contributed by atoms with E-state index in [-0.39, 0.29) is 41.1 Å². The van der Waals surface area contributed by atoms with E-state index >= 15 is 4.39 Å². The van der Waals surface area contributed by atoms with Gasteiger partial charge in [0.05, 0.1) is 12.2 Å². The summed E-state index contributed by atoms with van der Waals surface area (Å²) in [6.45, 7) is -0.125. The van der Waals surface area contributed by atoms with Crippen LogP contribution in [-0.4, -0.2) is 55.8 Å². The van der Waals surface area contributed by atoms with Crippen molar-refractivity contribution in [3.63, 3.8) is 0 Å². The molecule has 4 aliphatic rings. The van der Waals surface area contributed by atoms with Crippen molar-refractivity contribution < 1.29 is 46.7 Å². The number of H-pyrrole nitrogens is 1. The minimum absolute atomic E-state index is 0.0425. The lowest BCUT2D eigenvalue weighted by molar-refractivity contribution is -0.377. The first-order chi connectivity index (χ1) is 26.1. The Kier molecular flexibility index (Phi) is 11.8. The molecule has 4 fully saturated rings. The van der Waals surface area contributed by atoms with Gasteiger partial charge in [0, 0.05) is 29.8 Å². The minimum Gasteiger partial charge on any atom is -0.489 e. The molecular formula is C40H39Cl2F3N3O6+. The van der Waals surface area contributed by atoms with E-state index in [1.54, 1.807) is 36.7 Å². The van der Waals surface area contributed by atoms with Crippen molar-refractivity contribution in [3.05, 3.63) is 117 Å². The molecule has 4 heterocycles. The molecule has 1 aromatic heterocycles. The van der Waals surface area contributed by atoms with Crippen molar-refractivity contribution >= 4 is 40.8 Å². The van der Waals surface area contributed by atoms with Crippen LogP contribution in [0.5, 0.6) is 11.5 Å². The molecule has 2 N–H and O–H groups in total. The zero-order valence-corrected chi connectivity index (χ0v) is 30.6. The van der Waals surface area contributed by atoms with Crippen LogP contribution in [0.25, 0.3) is 0 Å². The van der Waals surface area contributed by atoms with Crippen molar-refractivity contribution in [2.75, 3.05) is 31.6 Å². The lowest BCUT2D eigenvalue weighted by Gasteiger charge is -2.44. The third-order valence-electron chi connectivity index (χ3n) is 10.1. The number of pyridine rings is 1. The van der Waals surface area contributed by atoms with Crippen LogP contribution < -0.4 is 19.8 Å². The average molecular weight is 786 g/mol. The van der Waals surface area contributed by atoms with E-state index in [1.807, 2.05) is 0 Å². The molecule has 284 valence electrons. The number of fused-ring (bicyclic) bond motifs is 3.